The van der Waals surface area contributed by atoms with Gasteiger partial charge in [-0.3, -0.25) is 4.99 Å². The summed E-state index contributed by atoms with van der Waals surface area (Å²) in [5, 5.41) is 10.4. The van der Waals surface area contributed by atoms with E-state index < -0.39 is 0 Å². The van der Waals surface area contributed by atoms with E-state index in [2.05, 4.69) is 43.9 Å². The van der Waals surface area contributed by atoms with E-state index in [9.17, 15) is 5.11 Å². The maximum absolute atomic E-state index is 10.4. The number of hydrogen-bond donors (Lipinski definition) is 2. The Labute approximate surface area is 162 Å². The molecular formula is C22H32N3O2+. The molecule has 0 heterocycles. The number of methoxy groups -OCH3 is 1. The van der Waals surface area contributed by atoms with Crippen molar-refractivity contribution >= 4 is 11.9 Å². The SMILES string of the molecule is CCN(CC)c1ccc(C=NC[C@@H](c2ccccc2OC)[NH+](C)C)c(O)c1. The van der Waals surface area contributed by atoms with Gasteiger partial charge in [0.25, 0.3) is 0 Å². The lowest BCUT2D eigenvalue weighted by Crippen LogP contribution is -3.06. The first-order valence-electron chi connectivity index (χ1n) is 9.52. The molecule has 0 saturated heterocycles. The molecule has 0 bridgehead atoms. The van der Waals surface area contributed by atoms with Gasteiger partial charge in [-0.05, 0) is 38.1 Å². The Hall–Kier alpha value is -2.53. The molecule has 27 heavy (non-hydrogen) atoms. The number of para-hydroxylation sites is 1. The van der Waals surface area contributed by atoms with Crippen molar-refractivity contribution in [3.05, 3.63) is 53.6 Å². The molecular weight excluding hydrogens is 338 g/mol. The number of rotatable bonds is 9. The third kappa shape index (κ3) is 5.23. The van der Waals surface area contributed by atoms with E-state index in [0.717, 1.165) is 35.7 Å². The molecule has 0 saturated carbocycles. The van der Waals surface area contributed by atoms with Crippen molar-refractivity contribution in [2.45, 2.75) is 19.9 Å². The minimum atomic E-state index is 0.175. The number of anilines is 1. The largest absolute Gasteiger partial charge is 0.507 e. The van der Waals surface area contributed by atoms with Gasteiger partial charge in [-0.2, -0.15) is 0 Å². The third-order valence-corrected chi connectivity index (χ3v) is 4.87. The second kappa shape index (κ2) is 9.97. The van der Waals surface area contributed by atoms with Crippen molar-refractivity contribution in [1.29, 1.82) is 0 Å². The number of nitrogens with one attached hydrogen (secondary N) is 1. The van der Waals surface area contributed by atoms with Gasteiger partial charge in [-0.25, -0.2) is 0 Å². The predicted molar refractivity (Wildman–Crippen MR) is 113 cm³/mol. The first-order chi connectivity index (χ1) is 13.0. The molecule has 0 spiro atoms. The molecule has 0 aromatic heterocycles. The van der Waals surface area contributed by atoms with Crippen LogP contribution in [0, 0.1) is 0 Å². The van der Waals surface area contributed by atoms with Crippen LogP contribution in [0.25, 0.3) is 0 Å². The first kappa shape index (κ1) is 20.8. The molecule has 0 unspecified atom stereocenters. The van der Waals surface area contributed by atoms with Crippen LogP contribution in [0.3, 0.4) is 0 Å². The van der Waals surface area contributed by atoms with E-state index in [1.165, 1.54) is 4.90 Å². The van der Waals surface area contributed by atoms with Gasteiger partial charge in [-0.1, -0.05) is 12.1 Å². The number of ether oxygens (including phenoxy) is 1. The molecule has 5 nitrogen and oxygen atoms in total. The molecule has 0 aliphatic carbocycles. The fourth-order valence-electron chi connectivity index (χ4n) is 3.23. The minimum absolute atomic E-state index is 0.175. The Morgan fingerprint density at radius 3 is 2.44 bits per heavy atom. The number of nitrogens with zero attached hydrogens (tertiary/aromatic N) is 2. The number of phenolic OH excluding ortho intramolecular Hbond substituents is 1. The van der Waals surface area contributed by atoms with Crippen LogP contribution >= 0.6 is 0 Å². The molecule has 0 radical (unpaired) electrons. The van der Waals surface area contributed by atoms with Crippen LogP contribution in [-0.2, 0) is 0 Å². The molecule has 0 aliphatic heterocycles. The van der Waals surface area contributed by atoms with Gasteiger partial charge in [-0.15, -0.1) is 0 Å². The van der Waals surface area contributed by atoms with Crippen LogP contribution < -0.4 is 14.5 Å². The van der Waals surface area contributed by atoms with Gasteiger partial charge < -0.3 is 19.6 Å². The van der Waals surface area contributed by atoms with Gasteiger partial charge in [0.1, 0.15) is 17.5 Å². The number of likely N-dealkylation sites (N-methyl/N-ethyl adjacent to an activating group) is 1. The van der Waals surface area contributed by atoms with Gasteiger partial charge in [0.05, 0.1) is 33.3 Å². The van der Waals surface area contributed by atoms with Gasteiger partial charge in [0.2, 0.25) is 0 Å². The normalized spacial score (nSPS) is 12.5. The van der Waals surface area contributed by atoms with E-state index in [4.69, 9.17) is 4.74 Å². The highest BCUT2D eigenvalue weighted by atomic mass is 16.5. The number of aliphatic imine (C=N–C) groups is 1. The van der Waals surface area contributed by atoms with E-state index in [0.29, 0.717) is 6.54 Å². The first-order valence-corrected chi connectivity index (χ1v) is 9.52. The second-order valence-electron chi connectivity index (χ2n) is 6.78. The smallest absolute Gasteiger partial charge is 0.136 e. The van der Waals surface area contributed by atoms with Crippen LogP contribution in [-0.4, -0.2) is 52.2 Å². The molecule has 2 rings (SSSR count). The highest BCUT2D eigenvalue weighted by molar-refractivity contribution is 5.84. The molecule has 2 aromatic rings. The summed E-state index contributed by atoms with van der Waals surface area (Å²) in [6, 6.07) is 14.0. The van der Waals surface area contributed by atoms with Crippen molar-refractivity contribution in [3.8, 4) is 11.5 Å². The van der Waals surface area contributed by atoms with Crippen LogP contribution in [0.5, 0.6) is 11.5 Å². The Morgan fingerprint density at radius 2 is 1.85 bits per heavy atom. The van der Waals surface area contributed by atoms with Crippen molar-refractivity contribution in [2.75, 3.05) is 45.7 Å². The number of hydrogen-bond acceptors (Lipinski definition) is 4. The summed E-state index contributed by atoms with van der Waals surface area (Å²) in [4.78, 5) is 8.09. The third-order valence-electron chi connectivity index (χ3n) is 4.87. The fraction of sp³-hybridized carbons (Fsp3) is 0.409. The number of aromatic hydroxyl groups is 1. The Bertz CT molecular complexity index is 755. The summed E-state index contributed by atoms with van der Waals surface area (Å²) >= 11 is 0. The van der Waals surface area contributed by atoms with Crippen molar-refractivity contribution < 1.29 is 14.7 Å². The standard InChI is InChI=1S/C22H31N3O2/c1-6-25(7-2)18-13-12-17(21(26)14-18)15-23-16-20(24(3)4)19-10-8-9-11-22(19)27-5/h8-15,20,26H,6-7,16H2,1-5H3/p+1/t20-/m0/s1. The summed E-state index contributed by atoms with van der Waals surface area (Å²) in [5.41, 5.74) is 2.90. The molecule has 1 atom stereocenters. The van der Waals surface area contributed by atoms with Crippen molar-refractivity contribution in [3.63, 3.8) is 0 Å². The molecule has 5 heteroatoms. The van der Waals surface area contributed by atoms with E-state index in [1.807, 2.05) is 36.4 Å². The number of benzene rings is 2. The Morgan fingerprint density at radius 1 is 1.15 bits per heavy atom. The summed E-state index contributed by atoms with van der Waals surface area (Å²) in [7, 11) is 5.92. The topological polar surface area (TPSA) is 49.5 Å². The maximum atomic E-state index is 10.4. The zero-order valence-corrected chi connectivity index (χ0v) is 17.1. The second-order valence-corrected chi connectivity index (χ2v) is 6.78. The monoisotopic (exact) mass is 370 g/mol. The molecule has 2 N–H and O–H groups in total. The minimum Gasteiger partial charge on any atom is -0.507 e. The molecule has 146 valence electrons. The van der Waals surface area contributed by atoms with E-state index >= 15 is 0 Å². The van der Waals surface area contributed by atoms with E-state index in [1.54, 1.807) is 13.3 Å². The molecule has 0 aliphatic rings. The van der Waals surface area contributed by atoms with Gasteiger partial charge >= 0.3 is 0 Å². The van der Waals surface area contributed by atoms with Crippen LogP contribution in [0.4, 0.5) is 5.69 Å². The predicted octanol–water partition coefficient (Wildman–Crippen LogP) is 2.55. The highest BCUT2D eigenvalue weighted by Crippen LogP contribution is 2.25. The average Bonchev–Trinajstić information content (AvgIpc) is 2.67. The zero-order valence-electron chi connectivity index (χ0n) is 17.1. The van der Waals surface area contributed by atoms with Gasteiger partial charge in [0, 0.05) is 36.6 Å². The Kier molecular flexibility index (Phi) is 7.67. The summed E-state index contributed by atoms with van der Waals surface area (Å²) in [6.07, 6.45) is 1.76. The lowest BCUT2D eigenvalue weighted by Gasteiger charge is -2.22. The van der Waals surface area contributed by atoms with Crippen LogP contribution in [0.1, 0.15) is 31.0 Å². The molecule has 0 fully saturated rings. The lowest BCUT2D eigenvalue weighted by molar-refractivity contribution is -0.890. The zero-order chi connectivity index (χ0) is 19.8. The number of phenols is 1. The van der Waals surface area contributed by atoms with E-state index in [-0.39, 0.29) is 11.8 Å². The summed E-state index contributed by atoms with van der Waals surface area (Å²) in [5.74, 6) is 1.14. The summed E-state index contributed by atoms with van der Waals surface area (Å²) < 4.78 is 5.51. The van der Waals surface area contributed by atoms with Crippen molar-refractivity contribution in [1.82, 2.24) is 0 Å². The Balaban J connectivity index is 2.17. The maximum Gasteiger partial charge on any atom is 0.136 e. The molecule has 2 aromatic carbocycles. The van der Waals surface area contributed by atoms with Gasteiger partial charge in [0.15, 0.2) is 0 Å². The quantitative estimate of drug-likeness (QED) is 0.667. The lowest BCUT2D eigenvalue weighted by atomic mass is 10.0. The van der Waals surface area contributed by atoms with Crippen molar-refractivity contribution in [2.24, 2.45) is 4.99 Å². The average molecular weight is 371 g/mol. The summed E-state index contributed by atoms with van der Waals surface area (Å²) in [6.45, 7) is 6.65. The molecule has 0 amide bonds. The number of quaternary nitrogens is 1. The highest BCUT2D eigenvalue weighted by Gasteiger charge is 2.20. The van der Waals surface area contributed by atoms with Crippen LogP contribution in [0.2, 0.25) is 0 Å². The van der Waals surface area contributed by atoms with Crippen LogP contribution in [0.15, 0.2) is 47.5 Å². The fourth-order valence-corrected chi connectivity index (χ4v) is 3.23.